The molecule has 1 aromatic carbocycles. The second kappa shape index (κ2) is 8.12. The Morgan fingerprint density at radius 3 is 2.34 bits per heavy atom. The molecule has 2 nitrogen and oxygen atoms in total. The minimum Gasteiger partial charge on any atom is -0.390 e. The Hall–Kier alpha value is -0.860. The fraction of sp³-hybridized carbons (Fsp3) is 0.800. The van der Waals surface area contributed by atoms with Crippen LogP contribution in [0, 0.1) is 46.3 Å². The number of aliphatic hydroxyl groups excluding tert-OH is 1. The highest BCUT2D eigenvalue weighted by Gasteiger charge is 2.61. The summed E-state index contributed by atoms with van der Waals surface area (Å²) in [5.41, 5.74) is 1.48. The monoisotopic (exact) mass is 438 g/mol. The van der Waals surface area contributed by atoms with Gasteiger partial charge in [0, 0.05) is 0 Å². The molecule has 0 radical (unpaired) electrons. The Balaban J connectivity index is 1.35. The van der Waals surface area contributed by atoms with Gasteiger partial charge in [-0.3, -0.25) is 0 Å². The van der Waals surface area contributed by atoms with Gasteiger partial charge in [-0.05, 0) is 116 Å². The molecule has 0 bridgehead atoms. The fourth-order valence-corrected chi connectivity index (χ4v) is 9.72. The number of aliphatic hydroxyl groups is 2. The number of hydrogen-bond acceptors (Lipinski definition) is 2. The van der Waals surface area contributed by atoms with Crippen molar-refractivity contribution in [2.24, 2.45) is 46.3 Å². The smallest absolute Gasteiger partial charge is 0.0818 e. The third kappa shape index (κ3) is 3.42. The standard InChI is InChI=1S/C30H46O2/c1-5-30(32)18-17-28(3)22(19-30)11-12-23-25-14-13-24(29(25,4)16-15-26(23)28)20(2)27(31)21-9-7-6-8-10-21/h6-10,20,22-27,31-32H,5,11-19H2,1-4H3/t20-,22-,23-,24+,25-,26-,27-,28-,29?,30-/m0/s1. The van der Waals surface area contributed by atoms with Gasteiger partial charge in [0.25, 0.3) is 0 Å². The summed E-state index contributed by atoms with van der Waals surface area (Å²) in [6.07, 6.45) is 11.8. The lowest BCUT2D eigenvalue weighted by atomic mass is 9.43. The van der Waals surface area contributed by atoms with E-state index in [4.69, 9.17) is 0 Å². The van der Waals surface area contributed by atoms with E-state index in [0.29, 0.717) is 28.6 Å². The van der Waals surface area contributed by atoms with Gasteiger partial charge in [0.1, 0.15) is 0 Å². The molecule has 4 aliphatic rings. The summed E-state index contributed by atoms with van der Waals surface area (Å²) in [7, 11) is 0. The zero-order valence-electron chi connectivity index (χ0n) is 20.9. The molecule has 1 unspecified atom stereocenters. The first-order valence-corrected chi connectivity index (χ1v) is 13.7. The molecule has 2 N–H and O–H groups in total. The van der Waals surface area contributed by atoms with Crippen molar-refractivity contribution in [3.63, 3.8) is 0 Å². The summed E-state index contributed by atoms with van der Waals surface area (Å²) >= 11 is 0. The van der Waals surface area contributed by atoms with Crippen molar-refractivity contribution in [1.82, 2.24) is 0 Å². The summed E-state index contributed by atoms with van der Waals surface area (Å²) in [4.78, 5) is 0. The molecule has 0 aromatic heterocycles. The second-order valence-electron chi connectivity index (χ2n) is 12.9. The summed E-state index contributed by atoms with van der Waals surface area (Å²) in [6, 6.07) is 10.3. The molecule has 5 rings (SSSR count). The molecule has 1 aromatic rings. The number of rotatable bonds is 4. The molecule has 0 spiro atoms. The van der Waals surface area contributed by atoms with Crippen LogP contribution in [0.3, 0.4) is 0 Å². The lowest BCUT2D eigenvalue weighted by Gasteiger charge is -2.62. The van der Waals surface area contributed by atoms with Gasteiger partial charge in [-0.25, -0.2) is 0 Å². The Kier molecular flexibility index (Phi) is 5.81. The van der Waals surface area contributed by atoms with E-state index in [1.54, 1.807) is 0 Å². The van der Waals surface area contributed by atoms with Crippen molar-refractivity contribution in [3.05, 3.63) is 35.9 Å². The third-order valence-electron chi connectivity index (χ3n) is 11.8. The fourth-order valence-electron chi connectivity index (χ4n) is 9.72. The summed E-state index contributed by atoms with van der Waals surface area (Å²) < 4.78 is 0. The third-order valence-corrected chi connectivity index (χ3v) is 11.8. The first kappa shape index (κ1) is 22.9. The van der Waals surface area contributed by atoms with Crippen LogP contribution >= 0.6 is 0 Å². The average molecular weight is 439 g/mol. The van der Waals surface area contributed by atoms with Crippen LogP contribution in [0.25, 0.3) is 0 Å². The van der Waals surface area contributed by atoms with Gasteiger partial charge in [0.05, 0.1) is 11.7 Å². The Labute approximate surface area is 196 Å². The zero-order valence-corrected chi connectivity index (χ0v) is 20.9. The Bertz CT molecular complexity index is 806. The first-order valence-electron chi connectivity index (χ1n) is 13.7. The van der Waals surface area contributed by atoms with Crippen molar-refractivity contribution in [2.45, 2.75) is 104 Å². The van der Waals surface area contributed by atoms with Gasteiger partial charge >= 0.3 is 0 Å². The second-order valence-corrected chi connectivity index (χ2v) is 12.9. The zero-order chi connectivity index (χ0) is 22.7. The maximum atomic E-state index is 11.2. The van der Waals surface area contributed by atoms with E-state index in [-0.39, 0.29) is 6.10 Å². The predicted molar refractivity (Wildman–Crippen MR) is 131 cm³/mol. The Morgan fingerprint density at radius 1 is 0.906 bits per heavy atom. The van der Waals surface area contributed by atoms with E-state index in [9.17, 15) is 10.2 Å². The summed E-state index contributed by atoms with van der Waals surface area (Å²) in [5, 5.41) is 22.3. The molecule has 0 aliphatic heterocycles. The molecule has 4 aliphatic carbocycles. The number of fused-ring (bicyclic) bond motifs is 5. The quantitative estimate of drug-likeness (QED) is 0.524. The van der Waals surface area contributed by atoms with Crippen LogP contribution in [0.15, 0.2) is 30.3 Å². The highest BCUT2D eigenvalue weighted by Crippen LogP contribution is 2.69. The SMILES string of the molecule is CC[C@]1(O)CC[C@@]2(C)[C@@H](CC[C@H]3[C@@H]4CC[C@H]([C@H](C)[C@H](O)c5ccccc5)C4(C)CC[C@@H]32)C1. The molecule has 4 saturated carbocycles. The predicted octanol–water partition coefficient (Wildman–Crippen LogP) is 7.16. The largest absolute Gasteiger partial charge is 0.390 e. The molecular weight excluding hydrogens is 392 g/mol. The van der Waals surface area contributed by atoms with Gasteiger partial charge in [0.15, 0.2) is 0 Å². The van der Waals surface area contributed by atoms with E-state index in [1.165, 1.54) is 44.9 Å². The van der Waals surface area contributed by atoms with Gasteiger partial charge in [-0.15, -0.1) is 0 Å². The normalized spacial score (nSPS) is 47.8. The van der Waals surface area contributed by atoms with Gasteiger partial charge < -0.3 is 10.2 Å². The van der Waals surface area contributed by atoms with Crippen molar-refractivity contribution < 1.29 is 10.2 Å². The van der Waals surface area contributed by atoms with Crippen molar-refractivity contribution in [3.8, 4) is 0 Å². The lowest BCUT2D eigenvalue weighted by molar-refractivity contribution is -0.154. The van der Waals surface area contributed by atoms with Crippen LogP contribution in [-0.2, 0) is 0 Å². The molecule has 32 heavy (non-hydrogen) atoms. The molecule has 2 heteroatoms. The highest BCUT2D eigenvalue weighted by molar-refractivity contribution is 5.19. The maximum absolute atomic E-state index is 11.2. The van der Waals surface area contributed by atoms with Crippen LogP contribution in [0.2, 0.25) is 0 Å². The molecule has 4 fully saturated rings. The van der Waals surface area contributed by atoms with Crippen molar-refractivity contribution >= 4 is 0 Å². The molecule has 178 valence electrons. The average Bonchev–Trinajstić information content (AvgIpc) is 3.16. The van der Waals surface area contributed by atoms with Gasteiger partial charge in [-0.2, -0.15) is 0 Å². The Morgan fingerprint density at radius 2 is 1.62 bits per heavy atom. The van der Waals surface area contributed by atoms with E-state index < -0.39 is 5.60 Å². The highest BCUT2D eigenvalue weighted by atomic mass is 16.3. The summed E-state index contributed by atoms with van der Waals surface area (Å²) in [6.45, 7) is 9.67. The van der Waals surface area contributed by atoms with Crippen LogP contribution in [0.1, 0.15) is 104 Å². The summed E-state index contributed by atoms with van der Waals surface area (Å²) in [5.74, 6) is 4.16. The minimum atomic E-state index is -0.401. The maximum Gasteiger partial charge on any atom is 0.0818 e. The molecule has 0 saturated heterocycles. The van der Waals surface area contributed by atoms with Crippen LogP contribution < -0.4 is 0 Å². The molecular formula is C30H46O2. The van der Waals surface area contributed by atoms with Crippen LogP contribution in [0.5, 0.6) is 0 Å². The minimum absolute atomic E-state index is 0.310. The van der Waals surface area contributed by atoms with Crippen LogP contribution in [0.4, 0.5) is 0 Å². The van der Waals surface area contributed by atoms with E-state index in [1.807, 2.05) is 6.07 Å². The lowest BCUT2D eigenvalue weighted by Crippen LogP contribution is -2.56. The van der Waals surface area contributed by atoms with Crippen molar-refractivity contribution in [2.75, 3.05) is 0 Å². The number of hydrogen-bond donors (Lipinski definition) is 2. The van der Waals surface area contributed by atoms with Gasteiger partial charge in [-0.1, -0.05) is 58.0 Å². The molecule has 10 atom stereocenters. The van der Waals surface area contributed by atoms with E-state index in [0.717, 1.165) is 42.6 Å². The van der Waals surface area contributed by atoms with Crippen LogP contribution in [-0.4, -0.2) is 15.8 Å². The van der Waals surface area contributed by atoms with E-state index >= 15 is 0 Å². The molecule has 0 amide bonds. The van der Waals surface area contributed by atoms with E-state index in [2.05, 4.69) is 52.0 Å². The molecule has 0 heterocycles. The van der Waals surface area contributed by atoms with Crippen molar-refractivity contribution in [1.29, 1.82) is 0 Å². The topological polar surface area (TPSA) is 40.5 Å². The van der Waals surface area contributed by atoms with Gasteiger partial charge in [0.2, 0.25) is 0 Å². The first-order chi connectivity index (χ1) is 15.2. The number of benzene rings is 1.